The molecular formula is C16H12N4O2. The van der Waals surface area contributed by atoms with Gasteiger partial charge in [-0.25, -0.2) is 0 Å². The maximum absolute atomic E-state index is 12.1. The second-order valence-corrected chi connectivity index (χ2v) is 5.30. The van der Waals surface area contributed by atoms with Crippen LogP contribution in [0.25, 0.3) is 0 Å². The van der Waals surface area contributed by atoms with Crippen molar-refractivity contribution in [3.63, 3.8) is 0 Å². The van der Waals surface area contributed by atoms with E-state index < -0.39 is 29.1 Å². The average molecular weight is 292 g/mol. The van der Waals surface area contributed by atoms with Gasteiger partial charge in [0.1, 0.15) is 5.78 Å². The van der Waals surface area contributed by atoms with Crippen LogP contribution in [0.3, 0.4) is 0 Å². The molecule has 1 aromatic rings. The van der Waals surface area contributed by atoms with E-state index in [-0.39, 0.29) is 12.2 Å². The van der Waals surface area contributed by atoms with Crippen molar-refractivity contribution in [2.24, 2.45) is 16.6 Å². The molecule has 1 amide bonds. The summed E-state index contributed by atoms with van der Waals surface area (Å²) in [7, 11) is 0. The normalized spacial score (nSPS) is 26.2. The number of nitrogens with zero attached hydrogens (tertiary/aromatic N) is 3. The van der Waals surface area contributed by atoms with Crippen molar-refractivity contribution >= 4 is 11.7 Å². The molecule has 0 bridgehead atoms. The predicted octanol–water partition coefficient (Wildman–Crippen LogP) is 1.16. The lowest BCUT2D eigenvalue weighted by atomic mass is 9.51. The van der Waals surface area contributed by atoms with Gasteiger partial charge in [-0.05, 0) is 5.56 Å². The van der Waals surface area contributed by atoms with E-state index >= 15 is 0 Å². The second kappa shape index (κ2) is 5.31. The largest absolute Gasteiger partial charge is 0.368 e. The lowest BCUT2D eigenvalue weighted by Gasteiger charge is -2.43. The van der Waals surface area contributed by atoms with Crippen LogP contribution < -0.4 is 5.73 Å². The molecule has 1 aromatic carbocycles. The first-order valence-electron chi connectivity index (χ1n) is 6.57. The molecule has 108 valence electrons. The quantitative estimate of drug-likeness (QED) is 0.873. The number of carbonyl (C=O) groups excluding carboxylic acids is 2. The van der Waals surface area contributed by atoms with Crippen molar-refractivity contribution in [1.29, 1.82) is 15.8 Å². The maximum Gasteiger partial charge on any atom is 0.241 e. The highest BCUT2D eigenvalue weighted by Gasteiger charge is 2.65. The third kappa shape index (κ3) is 1.84. The summed E-state index contributed by atoms with van der Waals surface area (Å²) in [5, 5.41) is 28.8. The Bertz CT molecular complexity index is 737. The van der Waals surface area contributed by atoms with Crippen molar-refractivity contribution in [1.82, 2.24) is 0 Å². The first-order valence-corrected chi connectivity index (χ1v) is 6.57. The van der Waals surface area contributed by atoms with Gasteiger partial charge >= 0.3 is 0 Å². The maximum atomic E-state index is 12.1. The van der Waals surface area contributed by atoms with Gasteiger partial charge in [0.05, 0.1) is 18.2 Å². The molecule has 0 heterocycles. The Morgan fingerprint density at radius 3 is 2.18 bits per heavy atom. The fourth-order valence-electron chi connectivity index (χ4n) is 3.07. The minimum absolute atomic E-state index is 0.0815. The van der Waals surface area contributed by atoms with E-state index in [1.54, 1.807) is 36.4 Å². The molecular weight excluding hydrogens is 280 g/mol. The number of nitriles is 3. The monoisotopic (exact) mass is 292 g/mol. The van der Waals surface area contributed by atoms with E-state index in [2.05, 4.69) is 0 Å². The molecule has 0 unspecified atom stereocenters. The molecule has 0 aromatic heterocycles. The van der Waals surface area contributed by atoms with Gasteiger partial charge in [-0.2, -0.15) is 15.8 Å². The molecule has 2 N–H and O–H groups in total. The number of benzene rings is 1. The number of amides is 1. The van der Waals surface area contributed by atoms with Crippen LogP contribution >= 0.6 is 0 Å². The highest BCUT2D eigenvalue weighted by Crippen LogP contribution is 2.55. The summed E-state index contributed by atoms with van der Waals surface area (Å²) in [6.07, 6.45) is -0.592. The van der Waals surface area contributed by atoms with Gasteiger partial charge in [-0.3, -0.25) is 9.59 Å². The Morgan fingerprint density at radius 2 is 1.73 bits per heavy atom. The van der Waals surface area contributed by atoms with Crippen molar-refractivity contribution in [2.75, 3.05) is 0 Å². The van der Waals surface area contributed by atoms with Crippen LogP contribution in [-0.2, 0) is 9.59 Å². The highest BCUT2D eigenvalue weighted by atomic mass is 16.2. The SMILES string of the molecule is N#CC1(C#N)[C@@H](c2ccccc2)CC(=O)C[C@]1(C#N)C(N)=O. The number of nitrogens with two attached hydrogens (primary N) is 1. The average Bonchev–Trinajstić information content (AvgIpc) is 2.54. The van der Waals surface area contributed by atoms with Crippen LogP contribution in [0, 0.1) is 44.8 Å². The summed E-state index contributed by atoms with van der Waals surface area (Å²) in [4.78, 5) is 24.0. The van der Waals surface area contributed by atoms with Crippen molar-refractivity contribution in [2.45, 2.75) is 18.8 Å². The fraction of sp³-hybridized carbons (Fsp3) is 0.312. The van der Waals surface area contributed by atoms with Gasteiger partial charge in [-0.1, -0.05) is 30.3 Å². The molecule has 0 aliphatic heterocycles. The smallest absolute Gasteiger partial charge is 0.241 e. The predicted molar refractivity (Wildman–Crippen MR) is 74.3 cm³/mol. The molecule has 1 saturated carbocycles. The molecule has 22 heavy (non-hydrogen) atoms. The Morgan fingerprint density at radius 1 is 1.14 bits per heavy atom. The molecule has 0 radical (unpaired) electrons. The zero-order valence-electron chi connectivity index (χ0n) is 11.6. The standard InChI is InChI=1S/C16H12N4O2/c17-8-15(14(20)22)7-12(21)6-13(16(15,9-18)10-19)11-4-2-1-3-5-11/h1-5,13H,6-7H2,(H2,20,22)/t13-,15+/m1/s1. The van der Waals surface area contributed by atoms with E-state index in [1.807, 2.05) is 12.1 Å². The van der Waals surface area contributed by atoms with Crippen molar-refractivity contribution in [3.05, 3.63) is 35.9 Å². The van der Waals surface area contributed by atoms with Gasteiger partial charge in [0.15, 0.2) is 10.8 Å². The second-order valence-electron chi connectivity index (χ2n) is 5.30. The van der Waals surface area contributed by atoms with Crippen LogP contribution in [0.5, 0.6) is 0 Å². The van der Waals surface area contributed by atoms with Gasteiger partial charge in [0.25, 0.3) is 0 Å². The van der Waals surface area contributed by atoms with E-state index in [0.29, 0.717) is 5.56 Å². The molecule has 0 spiro atoms. The summed E-state index contributed by atoms with van der Waals surface area (Å²) in [5.74, 6) is -2.36. The number of rotatable bonds is 2. The van der Waals surface area contributed by atoms with Gasteiger partial charge in [0.2, 0.25) is 5.91 Å². The molecule has 0 saturated heterocycles. The summed E-state index contributed by atoms with van der Waals surface area (Å²) in [6, 6.07) is 13.8. The van der Waals surface area contributed by atoms with Crippen LogP contribution in [0.1, 0.15) is 24.3 Å². The molecule has 6 nitrogen and oxygen atoms in total. The minimum Gasteiger partial charge on any atom is -0.368 e. The van der Waals surface area contributed by atoms with Gasteiger partial charge < -0.3 is 5.73 Å². The number of hydrogen-bond acceptors (Lipinski definition) is 5. The number of carbonyl (C=O) groups is 2. The van der Waals surface area contributed by atoms with E-state index in [9.17, 15) is 25.4 Å². The van der Waals surface area contributed by atoms with E-state index in [4.69, 9.17) is 5.73 Å². The Hall–Kier alpha value is -3.17. The molecule has 1 aliphatic carbocycles. The zero-order valence-corrected chi connectivity index (χ0v) is 11.6. The summed E-state index contributed by atoms with van der Waals surface area (Å²) in [5.41, 5.74) is 1.74. The number of Topliss-reactive ketones (excluding diaryl/α,β-unsaturated/α-hetero) is 1. The highest BCUT2D eigenvalue weighted by molar-refractivity contribution is 5.95. The van der Waals surface area contributed by atoms with E-state index in [1.165, 1.54) is 0 Å². The summed E-state index contributed by atoms with van der Waals surface area (Å²) >= 11 is 0. The molecule has 6 heteroatoms. The third-order valence-corrected chi connectivity index (χ3v) is 4.26. The summed E-state index contributed by atoms with van der Waals surface area (Å²) in [6.45, 7) is 0. The van der Waals surface area contributed by atoms with Crippen molar-refractivity contribution in [3.8, 4) is 18.2 Å². The third-order valence-electron chi connectivity index (χ3n) is 4.26. The number of hydrogen-bond donors (Lipinski definition) is 1. The van der Waals surface area contributed by atoms with Gasteiger partial charge in [0, 0.05) is 18.8 Å². The lowest BCUT2D eigenvalue weighted by molar-refractivity contribution is -0.138. The first-order chi connectivity index (χ1) is 10.5. The van der Waals surface area contributed by atoms with Crippen molar-refractivity contribution < 1.29 is 9.59 Å². The molecule has 1 fully saturated rings. The Kier molecular flexibility index (Phi) is 3.68. The topological polar surface area (TPSA) is 132 Å². The summed E-state index contributed by atoms with van der Waals surface area (Å²) < 4.78 is 0. The first kappa shape index (κ1) is 15.2. The molecule has 2 rings (SSSR count). The van der Waals surface area contributed by atoms with E-state index in [0.717, 1.165) is 0 Å². The van der Waals surface area contributed by atoms with Crippen LogP contribution in [0.4, 0.5) is 0 Å². The Labute approximate surface area is 127 Å². The number of ketones is 1. The molecule has 1 aliphatic rings. The number of primary amides is 1. The lowest BCUT2D eigenvalue weighted by Crippen LogP contribution is -2.56. The Balaban J connectivity index is 2.77. The van der Waals surface area contributed by atoms with Gasteiger partial charge in [-0.15, -0.1) is 0 Å². The minimum atomic E-state index is -2.15. The molecule has 2 atom stereocenters. The van der Waals surface area contributed by atoms with Crippen LogP contribution in [0.2, 0.25) is 0 Å². The van der Waals surface area contributed by atoms with Crippen LogP contribution in [0.15, 0.2) is 30.3 Å². The van der Waals surface area contributed by atoms with Crippen LogP contribution in [-0.4, -0.2) is 11.7 Å². The zero-order chi connectivity index (χ0) is 16.4. The fourth-order valence-corrected chi connectivity index (χ4v) is 3.07.